The second-order valence-electron chi connectivity index (χ2n) is 5.11. The van der Waals surface area contributed by atoms with Crippen molar-refractivity contribution in [3.8, 4) is 11.1 Å². The first-order chi connectivity index (χ1) is 13.2. The Morgan fingerprint density at radius 3 is 2.41 bits per heavy atom. The first kappa shape index (κ1) is 24.9. The first-order valence-electron chi connectivity index (χ1n) is 7.30. The molecule has 0 atom stereocenters. The van der Waals surface area contributed by atoms with Crippen molar-refractivity contribution in [2.24, 2.45) is 0 Å². The number of halogens is 6. The number of hydrogen-bond donors (Lipinski definition) is 1. The van der Waals surface area contributed by atoms with Gasteiger partial charge in [-0.25, -0.2) is 8.42 Å². The van der Waals surface area contributed by atoms with Crippen molar-refractivity contribution < 1.29 is 49.0 Å². The summed E-state index contributed by atoms with van der Waals surface area (Å²) < 4.78 is 107. The molecule has 0 aliphatic carbocycles. The van der Waals surface area contributed by atoms with Crippen molar-refractivity contribution >= 4 is 27.3 Å². The van der Waals surface area contributed by atoms with E-state index < -0.39 is 59.6 Å². The maximum Gasteiger partial charge on any atom is 0.511 e. The molecule has 0 aliphatic heterocycles. The van der Waals surface area contributed by atoms with Crippen LogP contribution in [0.5, 0.6) is 5.06 Å². The van der Waals surface area contributed by atoms with Crippen LogP contribution in [0.4, 0.5) is 26.3 Å². The fourth-order valence-corrected chi connectivity index (χ4v) is 3.44. The number of ether oxygens (including phenoxy) is 2. The Morgan fingerprint density at radius 1 is 1.31 bits per heavy atom. The zero-order chi connectivity index (χ0) is 22.5. The van der Waals surface area contributed by atoms with Gasteiger partial charge in [-0.15, -0.1) is 0 Å². The normalized spacial score (nSPS) is 12.7. The van der Waals surface area contributed by atoms with Gasteiger partial charge >= 0.3 is 21.7 Å². The zero-order valence-electron chi connectivity index (χ0n) is 14.4. The predicted octanol–water partition coefficient (Wildman–Crippen LogP) is 2.05. The van der Waals surface area contributed by atoms with Crippen molar-refractivity contribution in [2.45, 2.75) is 11.7 Å². The third-order valence-electron chi connectivity index (χ3n) is 3.00. The molecule has 1 aromatic heterocycles. The maximum atomic E-state index is 12.6. The van der Waals surface area contributed by atoms with Gasteiger partial charge in [0.1, 0.15) is 30.8 Å². The first-order valence-corrected chi connectivity index (χ1v) is 9.55. The number of sulfonamides is 1. The zero-order valence-corrected chi connectivity index (χ0v) is 16.1. The Balaban J connectivity index is 2.83. The van der Waals surface area contributed by atoms with Gasteiger partial charge in [0.2, 0.25) is 0 Å². The summed E-state index contributed by atoms with van der Waals surface area (Å²) in [6.45, 7) is -3.95. The highest BCUT2D eigenvalue weighted by Crippen LogP contribution is 2.30. The third kappa shape index (κ3) is 7.03. The quantitative estimate of drug-likeness (QED) is 0.438. The SMILES string of the molecule is COCN(CCOc1cc(C(=O)NCC(F)(F)F)c(C#N)s1)S(=O)(=O)C(F)(F)F. The molecule has 1 heterocycles. The Morgan fingerprint density at radius 2 is 1.93 bits per heavy atom. The Labute approximate surface area is 164 Å². The molecule has 0 radical (unpaired) electrons. The van der Waals surface area contributed by atoms with E-state index in [1.165, 1.54) is 0 Å². The van der Waals surface area contributed by atoms with Crippen LogP contribution in [0, 0.1) is 11.3 Å². The second-order valence-corrected chi connectivity index (χ2v) is 8.05. The lowest BCUT2D eigenvalue weighted by molar-refractivity contribution is -0.123. The third-order valence-corrected chi connectivity index (χ3v) is 5.50. The molecule has 0 saturated heterocycles. The molecule has 1 rings (SSSR count). The minimum absolute atomic E-state index is 0.0389. The van der Waals surface area contributed by atoms with E-state index >= 15 is 0 Å². The minimum atomic E-state index is -5.69. The summed E-state index contributed by atoms with van der Waals surface area (Å²) in [7, 11) is -4.71. The number of hydrogen-bond acceptors (Lipinski definition) is 7. The molecule has 1 amide bonds. The molecule has 0 fully saturated rings. The van der Waals surface area contributed by atoms with Crippen LogP contribution in [0.25, 0.3) is 0 Å². The number of amides is 1. The number of nitrogens with one attached hydrogen (secondary N) is 1. The fraction of sp³-hybridized carbons (Fsp3) is 0.538. The van der Waals surface area contributed by atoms with Crippen molar-refractivity contribution in [2.75, 3.05) is 33.5 Å². The van der Waals surface area contributed by atoms with Crippen LogP contribution in [0.15, 0.2) is 6.07 Å². The van der Waals surface area contributed by atoms with E-state index in [2.05, 4.69) is 4.74 Å². The van der Waals surface area contributed by atoms with Gasteiger partial charge in [0, 0.05) is 13.2 Å². The molecule has 0 bridgehead atoms. The summed E-state index contributed by atoms with van der Waals surface area (Å²) in [6, 6.07) is 2.50. The molecule has 0 aromatic carbocycles. The minimum Gasteiger partial charge on any atom is -0.483 e. The van der Waals surface area contributed by atoms with Crippen LogP contribution in [-0.4, -0.2) is 63.9 Å². The summed E-state index contributed by atoms with van der Waals surface area (Å²) in [5, 5.41) is 10.3. The number of methoxy groups -OCH3 is 1. The van der Waals surface area contributed by atoms with Crippen LogP contribution in [0.3, 0.4) is 0 Å². The van der Waals surface area contributed by atoms with Gasteiger partial charge in [-0.2, -0.15) is 35.9 Å². The molecule has 1 N–H and O–H groups in total. The van der Waals surface area contributed by atoms with Gasteiger partial charge < -0.3 is 14.8 Å². The molecule has 0 spiro atoms. The van der Waals surface area contributed by atoms with Gasteiger partial charge in [-0.3, -0.25) is 4.79 Å². The highest BCUT2D eigenvalue weighted by atomic mass is 32.2. The molecule has 16 heteroatoms. The van der Waals surface area contributed by atoms with Gasteiger partial charge in [-0.05, 0) is 0 Å². The molecule has 0 unspecified atom stereocenters. The molecular formula is C13H13F6N3O5S2. The van der Waals surface area contributed by atoms with Crippen molar-refractivity contribution in [3.63, 3.8) is 0 Å². The summed E-state index contributed by atoms with van der Waals surface area (Å²) in [4.78, 5) is 11.5. The van der Waals surface area contributed by atoms with Crippen LogP contribution < -0.4 is 10.1 Å². The molecule has 164 valence electrons. The maximum absolute atomic E-state index is 12.6. The van der Waals surface area contributed by atoms with E-state index in [0.29, 0.717) is 11.3 Å². The van der Waals surface area contributed by atoms with Crippen LogP contribution in [0.2, 0.25) is 0 Å². The van der Waals surface area contributed by atoms with Crippen molar-refractivity contribution in [3.05, 3.63) is 16.5 Å². The Bertz CT molecular complexity index is 860. The van der Waals surface area contributed by atoms with E-state index in [1.807, 2.05) is 0 Å². The average Bonchev–Trinajstić information content (AvgIpc) is 3.00. The number of carbonyl (C=O) groups excluding carboxylic acids is 1. The number of rotatable bonds is 9. The number of carbonyl (C=O) groups is 1. The van der Waals surface area contributed by atoms with Gasteiger partial charge in [0.05, 0.1) is 12.1 Å². The summed E-state index contributed by atoms with van der Waals surface area (Å²) in [5.41, 5.74) is -5.99. The van der Waals surface area contributed by atoms with Crippen LogP contribution in [0.1, 0.15) is 15.2 Å². The lowest BCUT2D eigenvalue weighted by Gasteiger charge is -2.22. The van der Waals surface area contributed by atoms with E-state index in [-0.39, 0.29) is 14.2 Å². The molecule has 0 aliphatic rings. The number of thiophene rings is 1. The average molecular weight is 469 g/mol. The lowest BCUT2D eigenvalue weighted by Crippen LogP contribution is -2.43. The Kier molecular flexibility index (Phi) is 8.26. The second kappa shape index (κ2) is 9.61. The fourth-order valence-electron chi connectivity index (χ4n) is 1.76. The molecule has 29 heavy (non-hydrogen) atoms. The van der Waals surface area contributed by atoms with Gasteiger partial charge in [-0.1, -0.05) is 11.3 Å². The van der Waals surface area contributed by atoms with Gasteiger partial charge in [0.15, 0.2) is 5.06 Å². The van der Waals surface area contributed by atoms with Gasteiger partial charge in [0.25, 0.3) is 5.91 Å². The highest BCUT2D eigenvalue weighted by molar-refractivity contribution is 7.89. The summed E-state index contributed by atoms with van der Waals surface area (Å²) in [5.74, 6) is -1.20. The number of nitrogens with zero attached hydrogens (tertiary/aromatic N) is 2. The standard InChI is InChI=1S/C13H13F6N3O5S2/c1-26-7-22(29(24,25)13(17,18)19)2-3-27-10-4-8(9(5-20)28-10)11(23)21-6-12(14,15)16/h4H,2-3,6-7H2,1H3,(H,21,23). The smallest absolute Gasteiger partial charge is 0.483 e. The Hall–Kier alpha value is -2.09. The van der Waals surface area contributed by atoms with Crippen molar-refractivity contribution in [1.29, 1.82) is 5.26 Å². The monoisotopic (exact) mass is 469 g/mol. The van der Waals surface area contributed by atoms with E-state index in [9.17, 15) is 39.6 Å². The lowest BCUT2D eigenvalue weighted by atomic mass is 10.2. The molecule has 8 nitrogen and oxygen atoms in total. The summed E-state index contributed by atoms with van der Waals surface area (Å²) in [6.07, 6.45) is -4.67. The number of nitriles is 1. The van der Waals surface area contributed by atoms with E-state index in [0.717, 1.165) is 13.2 Å². The van der Waals surface area contributed by atoms with Crippen LogP contribution in [-0.2, 0) is 14.8 Å². The highest BCUT2D eigenvalue weighted by Gasteiger charge is 2.49. The topological polar surface area (TPSA) is 109 Å². The van der Waals surface area contributed by atoms with E-state index in [1.54, 1.807) is 11.4 Å². The van der Waals surface area contributed by atoms with Crippen molar-refractivity contribution in [1.82, 2.24) is 9.62 Å². The van der Waals surface area contributed by atoms with Crippen LogP contribution >= 0.6 is 11.3 Å². The predicted molar refractivity (Wildman–Crippen MR) is 86.5 cm³/mol. The van der Waals surface area contributed by atoms with E-state index in [4.69, 9.17) is 10.00 Å². The number of alkyl halides is 6. The summed E-state index contributed by atoms with van der Waals surface area (Å²) >= 11 is 0.552. The molecule has 1 aromatic rings. The molecule has 0 saturated carbocycles. The molecular weight excluding hydrogens is 456 g/mol. The largest absolute Gasteiger partial charge is 0.511 e.